The second-order valence-electron chi connectivity index (χ2n) is 7.43. The van der Waals surface area contributed by atoms with Crippen molar-refractivity contribution in [3.8, 4) is 5.75 Å². The van der Waals surface area contributed by atoms with Gasteiger partial charge in [0.1, 0.15) is 23.7 Å². The van der Waals surface area contributed by atoms with Crippen LogP contribution in [0.3, 0.4) is 0 Å². The molecule has 0 saturated carbocycles. The van der Waals surface area contributed by atoms with E-state index >= 15 is 0 Å². The zero-order valence-corrected chi connectivity index (χ0v) is 19.6. The predicted octanol–water partition coefficient (Wildman–Crippen LogP) is 4.54. The quantitative estimate of drug-likeness (QED) is 0.318. The highest BCUT2D eigenvalue weighted by Crippen LogP contribution is 2.33. The molecule has 0 spiro atoms. The summed E-state index contributed by atoms with van der Waals surface area (Å²) in [7, 11) is 5.21. The second kappa shape index (κ2) is 11.7. The van der Waals surface area contributed by atoms with Crippen LogP contribution in [-0.4, -0.2) is 61.7 Å². The zero-order chi connectivity index (χ0) is 24.7. The van der Waals surface area contributed by atoms with Crippen molar-refractivity contribution in [2.75, 3.05) is 51.6 Å². The van der Waals surface area contributed by atoms with Crippen LogP contribution < -0.4 is 15.4 Å². The van der Waals surface area contributed by atoms with Crippen LogP contribution in [0, 0.1) is 5.82 Å². The Morgan fingerprint density at radius 2 is 2.03 bits per heavy atom. The first-order chi connectivity index (χ1) is 16.3. The Balaban J connectivity index is 1.82. The molecule has 1 amide bonds. The number of benzene rings is 2. The summed E-state index contributed by atoms with van der Waals surface area (Å²) in [6.45, 7) is 1.05. The molecule has 2 aromatic carbocycles. The number of carbonyl (C=O) groups excluding carboxylic acids is 1. The maximum absolute atomic E-state index is 14.3. The number of methoxy groups -OCH3 is 1. The van der Waals surface area contributed by atoms with Crippen LogP contribution in [0.4, 0.5) is 26.0 Å². The number of likely N-dealkylation sites (N-methyl/N-ethyl adjacent to an activating group) is 1. The van der Waals surface area contributed by atoms with E-state index in [0.717, 1.165) is 6.08 Å². The smallest absolute Gasteiger partial charge is 0.284 e. The number of nitrogens with one attached hydrogen (secondary N) is 2. The number of rotatable bonds is 10. The number of hydrogen-bond donors (Lipinski definition) is 2. The Labute approximate surface area is 200 Å². The van der Waals surface area contributed by atoms with Crippen LogP contribution in [0.25, 0.3) is 10.9 Å². The van der Waals surface area contributed by atoms with Crippen LogP contribution in [-0.2, 0) is 9.53 Å². The molecule has 0 bridgehead atoms. The van der Waals surface area contributed by atoms with Gasteiger partial charge in [0.25, 0.3) is 5.91 Å². The molecule has 0 fully saturated rings. The molecule has 0 aliphatic carbocycles. The highest BCUT2D eigenvalue weighted by molar-refractivity contribution is 6.31. The largest absolute Gasteiger partial charge is 0.494 e. The summed E-state index contributed by atoms with van der Waals surface area (Å²) < 4.78 is 38.4. The van der Waals surface area contributed by atoms with E-state index in [1.807, 2.05) is 19.0 Å². The molecule has 8 nitrogen and oxygen atoms in total. The monoisotopic (exact) mass is 491 g/mol. The van der Waals surface area contributed by atoms with Crippen molar-refractivity contribution in [2.24, 2.45) is 0 Å². The van der Waals surface area contributed by atoms with Crippen molar-refractivity contribution < 1.29 is 23.0 Å². The highest BCUT2D eigenvalue weighted by Gasteiger charge is 2.16. The molecule has 2 N–H and O–H groups in total. The fraction of sp³-hybridized carbons (Fsp3) is 0.261. The summed E-state index contributed by atoms with van der Waals surface area (Å²) in [5, 5.41) is 6.00. The average molecular weight is 492 g/mol. The van der Waals surface area contributed by atoms with Gasteiger partial charge in [-0.25, -0.2) is 18.7 Å². The molecule has 0 radical (unpaired) electrons. The van der Waals surface area contributed by atoms with Crippen molar-refractivity contribution in [2.45, 2.75) is 0 Å². The van der Waals surface area contributed by atoms with Gasteiger partial charge in [0.05, 0.1) is 36.6 Å². The summed E-state index contributed by atoms with van der Waals surface area (Å²) in [4.78, 5) is 22.7. The van der Waals surface area contributed by atoms with Crippen LogP contribution in [0.1, 0.15) is 0 Å². The molecule has 0 saturated heterocycles. The molecule has 3 rings (SSSR count). The van der Waals surface area contributed by atoms with Gasteiger partial charge < -0.3 is 25.0 Å². The number of nitrogens with zero attached hydrogens (tertiary/aromatic N) is 3. The molecular formula is C23H24ClF2N5O3. The van der Waals surface area contributed by atoms with E-state index in [0.29, 0.717) is 35.6 Å². The maximum Gasteiger partial charge on any atom is 0.284 e. The standard InChI is InChI=1S/C23H24ClF2N5O3/c1-31(2)7-9-34-8-6-18(26)23(32)30-20-11-15-19(12-21(20)33-3)27-13-28-22(15)29-14-4-5-17(25)16(24)10-14/h4-6,10-13H,7-9H2,1-3H3,(H,30,32)(H,27,28,29). The van der Waals surface area contributed by atoms with Crippen LogP contribution in [0.2, 0.25) is 5.02 Å². The Morgan fingerprint density at radius 3 is 2.74 bits per heavy atom. The summed E-state index contributed by atoms with van der Waals surface area (Å²) in [5.74, 6) is -1.84. The van der Waals surface area contributed by atoms with Gasteiger partial charge in [0, 0.05) is 23.7 Å². The first kappa shape index (κ1) is 25.3. The molecule has 0 aliphatic heterocycles. The van der Waals surface area contributed by atoms with Crippen molar-refractivity contribution in [1.29, 1.82) is 0 Å². The van der Waals surface area contributed by atoms with E-state index in [2.05, 4.69) is 20.6 Å². The van der Waals surface area contributed by atoms with Crippen LogP contribution in [0.15, 0.2) is 48.6 Å². The number of fused-ring (bicyclic) bond motifs is 1. The van der Waals surface area contributed by atoms with E-state index in [4.69, 9.17) is 21.1 Å². The Bertz CT molecular complexity index is 1210. The molecule has 180 valence electrons. The summed E-state index contributed by atoms with van der Waals surface area (Å²) >= 11 is 5.85. The van der Waals surface area contributed by atoms with Gasteiger partial charge >= 0.3 is 0 Å². The topological polar surface area (TPSA) is 88.6 Å². The van der Waals surface area contributed by atoms with Gasteiger partial charge in [0.15, 0.2) is 5.83 Å². The molecular weight excluding hydrogens is 468 g/mol. The average Bonchev–Trinajstić information content (AvgIpc) is 2.80. The Hall–Kier alpha value is -3.34. The molecule has 0 aliphatic rings. The fourth-order valence-electron chi connectivity index (χ4n) is 2.90. The zero-order valence-electron chi connectivity index (χ0n) is 18.9. The van der Waals surface area contributed by atoms with Crippen LogP contribution >= 0.6 is 11.6 Å². The fourth-order valence-corrected chi connectivity index (χ4v) is 3.08. The van der Waals surface area contributed by atoms with Crippen LogP contribution in [0.5, 0.6) is 5.75 Å². The van der Waals surface area contributed by atoms with E-state index < -0.39 is 17.6 Å². The minimum absolute atomic E-state index is 0.0376. The van der Waals surface area contributed by atoms with Crippen molar-refractivity contribution in [1.82, 2.24) is 14.9 Å². The lowest BCUT2D eigenvalue weighted by atomic mass is 10.1. The normalized spacial score (nSPS) is 11.7. The molecule has 1 heterocycles. The number of ether oxygens (including phenoxy) is 2. The molecule has 0 unspecified atom stereocenters. The number of hydrogen-bond acceptors (Lipinski definition) is 7. The number of anilines is 3. The molecule has 0 atom stereocenters. The van der Waals surface area contributed by atoms with Gasteiger partial charge in [-0.05, 0) is 44.4 Å². The lowest BCUT2D eigenvalue weighted by Gasteiger charge is -2.14. The lowest BCUT2D eigenvalue weighted by molar-refractivity contribution is -0.114. The van der Waals surface area contributed by atoms with Gasteiger partial charge in [0.2, 0.25) is 0 Å². The minimum Gasteiger partial charge on any atom is -0.494 e. The number of aromatic nitrogens is 2. The SMILES string of the molecule is COc1cc2ncnc(Nc3ccc(F)c(Cl)c3)c2cc1NC(=O)C(F)=CCOCCN(C)C. The highest BCUT2D eigenvalue weighted by atomic mass is 35.5. The van der Waals surface area contributed by atoms with Crippen molar-refractivity contribution in [3.05, 3.63) is 59.4 Å². The van der Waals surface area contributed by atoms with Crippen molar-refractivity contribution in [3.63, 3.8) is 0 Å². The predicted molar refractivity (Wildman–Crippen MR) is 128 cm³/mol. The molecule has 1 aromatic heterocycles. The first-order valence-corrected chi connectivity index (χ1v) is 10.6. The second-order valence-corrected chi connectivity index (χ2v) is 7.84. The molecule has 11 heteroatoms. The Kier molecular flexibility index (Phi) is 8.69. The van der Waals surface area contributed by atoms with Gasteiger partial charge in [-0.1, -0.05) is 11.6 Å². The van der Waals surface area contributed by atoms with Gasteiger partial charge in [-0.2, -0.15) is 0 Å². The first-order valence-electron chi connectivity index (χ1n) is 10.2. The summed E-state index contributed by atoms with van der Waals surface area (Å²) in [6, 6.07) is 7.28. The Morgan fingerprint density at radius 1 is 1.24 bits per heavy atom. The summed E-state index contributed by atoms with van der Waals surface area (Å²) in [6.07, 6.45) is 2.40. The van der Waals surface area contributed by atoms with Gasteiger partial charge in [-0.3, -0.25) is 4.79 Å². The van der Waals surface area contributed by atoms with E-state index in [1.54, 1.807) is 12.1 Å². The van der Waals surface area contributed by atoms with Gasteiger partial charge in [-0.15, -0.1) is 0 Å². The third-order valence-corrected chi connectivity index (χ3v) is 4.96. The van der Waals surface area contributed by atoms with Crippen molar-refractivity contribution >= 4 is 45.6 Å². The maximum atomic E-state index is 14.3. The van der Waals surface area contributed by atoms with E-state index in [-0.39, 0.29) is 23.1 Å². The summed E-state index contributed by atoms with van der Waals surface area (Å²) in [5.41, 5.74) is 1.22. The third kappa shape index (κ3) is 6.60. The van der Waals surface area contributed by atoms with E-state index in [9.17, 15) is 13.6 Å². The third-order valence-electron chi connectivity index (χ3n) is 4.67. The van der Waals surface area contributed by atoms with E-state index in [1.165, 1.54) is 31.6 Å². The number of carbonyl (C=O) groups is 1. The number of halogens is 3. The minimum atomic E-state index is -0.990. The molecule has 34 heavy (non-hydrogen) atoms. The molecule has 3 aromatic rings. The lowest BCUT2D eigenvalue weighted by Crippen LogP contribution is -2.18. The number of amides is 1.